The zero-order valence-electron chi connectivity index (χ0n) is 11.1. The van der Waals surface area contributed by atoms with Gasteiger partial charge in [-0.2, -0.15) is 0 Å². The van der Waals surface area contributed by atoms with E-state index in [4.69, 9.17) is 9.47 Å². The number of hydrogen-bond acceptors (Lipinski definition) is 3. The zero-order chi connectivity index (χ0) is 13.2. The summed E-state index contributed by atoms with van der Waals surface area (Å²) in [4.78, 5) is 11.6. The van der Waals surface area contributed by atoms with Gasteiger partial charge in [-0.05, 0) is 54.7 Å². The summed E-state index contributed by atoms with van der Waals surface area (Å²) >= 11 is 0. The Morgan fingerprint density at radius 1 is 1.32 bits per heavy atom. The van der Waals surface area contributed by atoms with Crippen LogP contribution in [0.2, 0.25) is 0 Å². The Balaban J connectivity index is 1.79. The molecular formula is C16H18O3. The first-order valence-corrected chi connectivity index (χ1v) is 6.85. The molecule has 3 nitrogen and oxygen atoms in total. The third-order valence-corrected chi connectivity index (χ3v) is 3.65. The molecule has 1 aliphatic heterocycles. The second-order valence-electron chi connectivity index (χ2n) is 5.20. The molecule has 1 atom stereocenters. The van der Waals surface area contributed by atoms with Gasteiger partial charge in [0, 0.05) is 12.8 Å². The van der Waals surface area contributed by atoms with Crippen LogP contribution in [0.4, 0.5) is 0 Å². The number of allylic oxidation sites excluding steroid dienone is 2. The Morgan fingerprint density at radius 2 is 2.21 bits per heavy atom. The molecular weight excluding hydrogens is 240 g/mol. The number of hydrogen-bond donors (Lipinski definition) is 0. The molecule has 3 rings (SSSR count). The summed E-state index contributed by atoms with van der Waals surface area (Å²) in [5.41, 5.74) is 3.24. The van der Waals surface area contributed by atoms with E-state index in [1.165, 1.54) is 0 Å². The minimum Gasteiger partial charge on any atom is -0.465 e. The fourth-order valence-electron chi connectivity index (χ4n) is 2.69. The highest BCUT2D eigenvalue weighted by Crippen LogP contribution is 2.29. The van der Waals surface area contributed by atoms with E-state index in [2.05, 4.69) is 0 Å². The van der Waals surface area contributed by atoms with Crippen LogP contribution in [-0.2, 0) is 16.0 Å². The fourth-order valence-corrected chi connectivity index (χ4v) is 2.69. The Kier molecular flexibility index (Phi) is 3.38. The van der Waals surface area contributed by atoms with Crippen LogP contribution in [0, 0.1) is 0 Å². The summed E-state index contributed by atoms with van der Waals surface area (Å²) in [6, 6.07) is 5.97. The van der Waals surface area contributed by atoms with Gasteiger partial charge in [0.2, 0.25) is 0 Å². The standard InChI is InChI=1S/C16H18O3/c1-11-8-13(17)9-12-10-14(5-6-15(11)12)19-16-4-2-3-7-18-16/h5-6,8,10,16H,2-4,7,9H2,1H3. The van der Waals surface area contributed by atoms with Crippen molar-refractivity contribution in [2.75, 3.05) is 6.61 Å². The van der Waals surface area contributed by atoms with Crippen LogP contribution >= 0.6 is 0 Å². The average Bonchev–Trinajstić information content (AvgIpc) is 2.39. The normalized spacial score (nSPS) is 22.7. The molecule has 100 valence electrons. The molecule has 0 saturated carbocycles. The van der Waals surface area contributed by atoms with E-state index < -0.39 is 0 Å². The SMILES string of the molecule is CC1=CC(=O)Cc2cc(OC3CCCCO3)ccc21. The molecule has 1 fully saturated rings. The van der Waals surface area contributed by atoms with Crippen LogP contribution < -0.4 is 4.74 Å². The van der Waals surface area contributed by atoms with Crippen LogP contribution in [0.1, 0.15) is 37.3 Å². The molecule has 19 heavy (non-hydrogen) atoms. The number of rotatable bonds is 2. The van der Waals surface area contributed by atoms with Crippen LogP contribution in [0.3, 0.4) is 0 Å². The molecule has 1 aromatic carbocycles. The van der Waals surface area contributed by atoms with Gasteiger partial charge in [-0.25, -0.2) is 0 Å². The van der Waals surface area contributed by atoms with Crippen molar-refractivity contribution in [2.45, 2.75) is 38.9 Å². The molecule has 0 aromatic heterocycles. The maximum absolute atomic E-state index is 11.6. The first kappa shape index (κ1) is 12.4. The van der Waals surface area contributed by atoms with Crippen LogP contribution in [0.15, 0.2) is 24.3 Å². The molecule has 1 saturated heterocycles. The monoisotopic (exact) mass is 258 g/mol. The summed E-state index contributed by atoms with van der Waals surface area (Å²) in [6.07, 6.45) is 5.25. The molecule has 1 heterocycles. The maximum atomic E-state index is 11.6. The van der Waals surface area contributed by atoms with E-state index in [9.17, 15) is 4.79 Å². The summed E-state index contributed by atoms with van der Waals surface area (Å²) in [5.74, 6) is 0.962. The van der Waals surface area contributed by atoms with Crippen LogP contribution in [-0.4, -0.2) is 18.7 Å². The fraction of sp³-hybridized carbons (Fsp3) is 0.438. The number of carbonyl (C=O) groups is 1. The van der Waals surface area contributed by atoms with Gasteiger partial charge in [-0.1, -0.05) is 6.07 Å². The van der Waals surface area contributed by atoms with Crippen molar-refractivity contribution in [1.29, 1.82) is 0 Å². The van der Waals surface area contributed by atoms with Gasteiger partial charge in [0.15, 0.2) is 12.1 Å². The predicted molar refractivity (Wildman–Crippen MR) is 73.0 cm³/mol. The lowest BCUT2D eigenvalue weighted by atomic mass is 9.91. The first-order chi connectivity index (χ1) is 9.22. The molecule has 2 aliphatic rings. The minimum absolute atomic E-state index is 0.136. The van der Waals surface area contributed by atoms with Crippen molar-refractivity contribution >= 4 is 11.4 Å². The van der Waals surface area contributed by atoms with Crippen LogP contribution in [0.25, 0.3) is 5.57 Å². The van der Waals surface area contributed by atoms with Crippen molar-refractivity contribution in [1.82, 2.24) is 0 Å². The highest BCUT2D eigenvalue weighted by atomic mass is 16.7. The first-order valence-electron chi connectivity index (χ1n) is 6.85. The molecule has 0 N–H and O–H groups in total. The number of benzene rings is 1. The Bertz CT molecular complexity index is 525. The van der Waals surface area contributed by atoms with Gasteiger partial charge < -0.3 is 9.47 Å². The summed E-state index contributed by atoms with van der Waals surface area (Å²) in [5, 5.41) is 0. The van der Waals surface area contributed by atoms with Gasteiger partial charge in [0.05, 0.1) is 6.61 Å². The molecule has 3 heteroatoms. The lowest BCUT2D eigenvalue weighted by Gasteiger charge is -2.24. The van der Waals surface area contributed by atoms with Crippen molar-refractivity contribution in [3.8, 4) is 5.75 Å². The van der Waals surface area contributed by atoms with Crippen molar-refractivity contribution < 1.29 is 14.3 Å². The quantitative estimate of drug-likeness (QED) is 0.817. The second kappa shape index (κ2) is 5.17. The molecule has 0 radical (unpaired) electrons. The van der Waals surface area contributed by atoms with E-state index >= 15 is 0 Å². The van der Waals surface area contributed by atoms with Gasteiger partial charge in [0.1, 0.15) is 5.75 Å². The number of fused-ring (bicyclic) bond motifs is 1. The van der Waals surface area contributed by atoms with Gasteiger partial charge in [-0.15, -0.1) is 0 Å². The third-order valence-electron chi connectivity index (χ3n) is 3.65. The van der Waals surface area contributed by atoms with Gasteiger partial charge in [-0.3, -0.25) is 4.79 Å². The lowest BCUT2D eigenvalue weighted by Crippen LogP contribution is -2.25. The Hall–Kier alpha value is -1.61. The largest absolute Gasteiger partial charge is 0.465 e. The minimum atomic E-state index is -0.136. The highest BCUT2D eigenvalue weighted by molar-refractivity contribution is 6.01. The smallest absolute Gasteiger partial charge is 0.199 e. The molecule has 0 amide bonds. The number of carbonyl (C=O) groups excluding carboxylic acids is 1. The Morgan fingerprint density at radius 3 is 3.00 bits per heavy atom. The van der Waals surface area contributed by atoms with Crippen LogP contribution in [0.5, 0.6) is 5.75 Å². The molecule has 1 unspecified atom stereocenters. The van der Waals surface area contributed by atoms with E-state index in [1.807, 2.05) is 25.1 Å². The molecule has 0 bridgehead atoms. The molecule has 0 spiro atoms. The average molecular weight is 258 g/mol. The Labute approximate surface area is 113 Å². The van der Waals surface area contributed by atoms with E-state index in [0.29, 0.717) is 6.42 Å². The van der Waals surface area contributed by atoms with E-state index in [0.717, 1.165) is 48.3 Å². The summed E-state index contributed by atoms with van der Waals surface area (Å²) < 4.78 is 11.4. The predicted octanol–water partition coefficient (Wildman–Crippen LogP) is 3.12. The van der Waals surface area contributed by atoms with Crippen molar-refractivity contribution in [3.05, 3.63) is 35.4 Å². The second-order valence-corrected chi connectivity index (χ2v) is 5.20. The zero-order valence-corrected chi connectivity index (χ0v) is 11.1. The topological polar surface area (TPSA) is 35.5 Å². The van der Waals surface area contributed by atoms with E-state index in [-0.39, 0.29) is 12.1 Å². The van der Waals surface area contributed by atoms with Gasteiger partial charge >= 0.3 is 0 Å². The molecule has 1 aromatic rings. The summed E-state index contributed by atoms with van der Waals surface area (Å²) in [6.45, 7) is 2.75. The molecule has 1 aliphatic carbocycles. The highest BCUT2D eigenvalue weighted by Gasteiger charge is 2.18. The maximum Gasteiger partial charge on any atom is 0.199 e. The number of ether oxygens (including phenoxy) is 2. The third kappa shape index (κ3) is 2.71. The van der Waals surface area contributed by atoms with Gasteiger partial charge in [0.25, 0.3) is 0 Å². The number of ketones is 1. The summed E-state index contributed by atoms with van der Waals surface area (Å²) in [7, 11) is 0. The lowest BCUT2D eigenvalue weighted by molar-refractivity contribution is -0.114. The van der Waals surface area contributed by atoms with Crippen molar-refractivity contribution in [3.63, 3.8) is 0 Å². The van der Waals surface area contributed by atoms with E-state index in [1.54, 1.807) is 6.08 Å². The van der Waals surface area contributed by atoms with Crippen molar-refractivity contribution in [2.24, 2.45) is 0 Å².